The zero-order valence-electron chi connectivity index (χ0n) is 10.2. The highest BCUT2D eigenvalue weighted by molar-refractivity contribution is 6.29. The van der Waals surface area contributed by atoms with Crippen molar-refractivity contribution in [2.45, 2.75) is 13.3 Å². The Labute approximate surface area is 114 Å². The van der Waals surface area contributed by atoms with E-state index in [9.17, 15) is 0 Å². The molecule has 3 aromatic rings. The highest BCUT2D eigenvalue weighted by atomic mass is 35.5. The van der Waals surface area contributed by atoms with E-state index in [4.69, 9.17) is 16.3 Å². The first-order chi connectivity index (χ1) is 9.26. The van der Waals surface area contributed by atoms with Crippen molar-refractivity contribution < 1.29 is 4.74 Å². The normalized spacial score (nSPS) is 10.8. The van der Waals surface area contributed by atoms with E-state index in [1.54, 1.807) is 6.07 Å². The maximum atomic E-state index is 5.92. The van der Waals surface area contributed by atoms with Crippen molar-refractivity contribution >= 4 is 17.4 Å². The van der Waals surface area contributed by atoms with Gasteiger partial charge in [0, 0.05) is 6.07 Å². The van der Waals surface area contributed by atoms with Crippen molar-refractivity contribution in [2.24, 2.45) is 0 Å². The van der Waals surface area contributed by atoms with Crippen LogP contribution in [0.4, 0.5) is 0 Å². The minimum atomic E-state index is 0.320. The van der Waals surface area contributed by atoms with Crippen LogP contribution in [0.5, 0.6) is 11.6 Å². The second kappa shape index (κ2) is 4.85. The molecule has 0 unspecified atom stereocenters. The maximum absolute atomic E-state index is 5.92. The van der Waals surface area contributed by atoms with Gasteiger partial charge < -0.3 is 4.74 Å². The molecule has 0 spiro atoms. The lowest BCUT2D eigenvalue weighted by atomic mass is 10.2. The Balaban J connectivity index is 1.97. The van der Waals surface area contributed by atoms with Crippen molar-refractivity contribution in [3.8, 4) is 11.6 Å². The van der Waals surface area contributed by atoms with Crippen LogP contribution in [0, 0.1) is 0 Å². The van der Waals surface area contributed by atoms with Crippen LogP contribution in [-0.4, -0.2) is 19.6 Å². The quantitative estimate of drug-likeness (QED) is 0.689. The first-order valence-corrected chi connectivity index (χ1v) is 6.27. The summed E-state index contributed by atoms with van der Waals surface area (Å²) in [5.74, 6) is 1.61. The van der Waals surface area contributed by atoms with Crippen LogP contribution in [0.25, 0.3) is 5.78 Å². The second-order valence-electron chi connectivity index (χ2n) is 3.99. The van der Waals surface area contributed by atoms with E-state index in [2.05, 4.69) is 22.0 Å². The molecule has 0 saturated heterocycles. The summed E-state index contributed by atoms with van der Waals surface area (Å²) in [6.07, 6.45) is 2.40. The summed E-state index contributed by atoms with van der Waals surface area (Å²) in [6, 6.07) is 9.48. The van der Waals surface area contributed by atoms with E-state index in [-0.39, 0.29) is 0 Å². The number of aromatic nitrogens is 4. The van der Waals surface area contributed by atoms with E-state index in [0.717, 1.165) is 12.2 Å². The zero-order valence-corrected chi connectivity index (χ0v) is 11.0. The number of hydrogen-bond acceptors (Lipinski definition) is 4. The number of hydrogen-bond donors (Lipinski definition) is 0. The van der Waals surface area contributed by atoms with Gasteiger partial charge in [0.05, 0.1) is 0 Å². The van der Waals surface area contributed by atoms with Gasteiger partial charge in [-0.05, 0) is 24.1 Å². The molecule has 0 fully saturated rings. The van der Waals surface area contributed by atoms with Gasteiger partial charge in [-0.25, -0.2) is 0 Å². The van der Waals surface area contributed by atoms with Gasteiger partial charge in [0.25, 0.3) is 5.78 Å². The number of nitrogens with zero attached hydrogens (tertiary/aromatic N) is 4. The van der Waals surface area contributed by atoms with Crippen LogP contribution in [0.3, 0.4) is 0 Å². The minimum absolute atomic E-state index is 0.320. The molecule has 3 rings (SSSR count). The van der Waals surface area contributed by atoms with E-state index in [1.807, 2.05) is 24.3 Å². The molecule has 0 atom stereocenters. The van der Waals surface area contributed by atoms with Crippen LogP contribution in [0.1, 0.15) is 12.5 Å². The first-order valence-electron chi connectivity index (χ1n) is 5.89. The van der Waals surface area contributed by atoms with Crippen LogP contribution < -0.4 is 4.74 Å². The molecule has 5 nitrogen and oxygen atoms in total. The Morgan fingerprint density at radius 3 is 2.79 bits per heavy atom. The smallest absolute Gasteiger partial charge is 0.256 e. The largest absolute Gasteiger partial charge is 0.439 e. The Hall–Kier alpha value is -2.14. The molecule has 0 aliphatic heterocycles. The van der Waals surface area contributed by atoms with Crippen LogP contribution in [-0.2, 0) is 6.42 Å². The molecule has 0 N–H and O–H groups in total. The number of fused-ring (bicyclic) bond motifs is 1. The van der Waals surface area contributed by atoms with Crippen molar-refractivity contribution in [2.75, 3.05) is 0 Å². The minimum Gasteiger partial charge on any atom is -0.439 e. The SMILES string of the molecule is CCc1ccc(Oc2cc(Cl)nc3ncnn23)cc1. The van der Waals surface area contributed by atoms with Gasteiger partial charge in [0.2, 0.25) is 5.88 Å². The van der Waals surface area contributed by atoms with Gasteiger partial charge in [0.1, 0.15) is 17.2 Å². The van der Waals surface area contributed by atoms with Gasteiger partial charge in [-0.2, -0.15) is 19.6 Å². The molecule has 6 heteroatoms. The third kappa shape index (κ3) is 2.37. The summed E-state index contributed by atoms with van der Waals surface area (Å²) in [5.41, 5.74) is 1.26. The van der Waals surface area contributed by atoms with Crippen LogP contribution in [0.2, 0.25) is 5.15 Å². The predicted molar refractivity (Wildman–Crippen MR) is 71.7 cm³/mol. The molecule has 0 bridgehead atoms. The Morgan fingerprint density at radius 2 is 2.05 bits per heavy atom. The van der Waals surface area contributed by atoms with E-state index < -0.39 is 0 Å². The predicted octanol–water partition coefficient (Wildman–Crippen LogP) is 3.13. The molecule has 2 heterocycles. The van der Waals surface area contributed by atoms with Crippen LogP contribution in [0.15, 0.2) is 36.7 Å². The van der Waals surface area contributed by atoms with E-state index >= 15 is 0 Å². The molecule has 19 heavy (non-hydrogen) atoms. The lowest BCUT2D eigenvalue weighted by Gasteiger charge is -2.07. The summed E-state index contributed by atoms with van der Waals surface area (Å²) in [5, 5.41) is 4.37. The fraction of sp³-hybridized carbons (Fsp3) is 0.154. The second-order valence-corrected chi connectivity index (χ2v) is 4.38. The Morgan fingerprint density at radius 1 is 1.26 bits per heavy atom. The zero-order chi connectivity index (χ0) is 13.2. The standard InChI is InChI=1S/C13H11ClN4O/c1-2-9-3-5-10(6-4-9)19-12-7-11(14)17-13-15-8-16-18(12)13/h3-8H,2H2,1H3. The maximum Gasteiger partial charge on any atom is 0.256 e. The van der Waals surface area contributed by atoms with Gasteiger partial charge in [-0.1, -0.05) is 30.7 Å². The van der Waals surface area contributed by atoms with Crippen molar-refractivity contribution in [1.29, 1.82) is 0 Å². The van der Waals surface area contributed by atoms with E-state index in [0.29, 0.717) is 16.8 Å². The molecule has 0 saturated carbocycles. The highest BCUT2D eigenvalue weighted by Gasteiger charge is 2.08. The number of benzene rings is 1. The molecule has 1 aromatic carbocycles. The highest BCUT2D eigenvalue weighted by Crippen LogP contribution is 2.23. The number of ether oxygens (including phenoxy) is 1. The molecule has 2 aromatic heterocycles. The third-order valence-corrected chi connectivity index (χ3v) is 2.94. The lowest BCUT2D eigenvalue weighted by Crippen LogP contribution is -1.98. The van der Waals surface area contributed by atoms with Gasteiger partial charge in [-0.3, -0.25) is 0 Å². The fourth-order valence-electron chi connectivity index (χ4n) is 1.74. The van der Waals surface area contributed by atoms with Gasteiger partial charge in [-0.15, -0.1) is 0 Å². The Bertz CT molecular complexity index is 708. The van der Waals surface area contributed by atoms with Gasteiger partial charge in [0.15, 0.2) is 0 Å². The van der Waals surface area contributed by atoms with Crippen molar-refractivity contribution in [3.63, 3.8) is 0 Å². The third-order valence-electron chi connectivity index (χ3n) is 2.74. The van der Waals surface area contributed by atoms with Crippen molar-refractivity contribution in [1.82, 2.24) is 19.6 Å². The summed E-state index contributed by atoms with van der Waals surface area (Å²) in [4.78, 5) is 8.03. The molecular formula is C13H11ClN4O. The summed E-state index contributed by atoms with van der Waals surface area (Å²) in [6.45, 7) is 2.11. The monoisotopic (exact) mass is 274 g/mol. The molecule has 96 valence electrons. The molecule has 0 radical (unpaired) electrons. The first kappa shape index (κ1) is 11.9. The summed E-state index contributed by atoms with van der Waals surface area (Å²) >= 11 is 5.92. The van der Waals surface area contributed by atoms with Crippen molar-refractivity contribution in [3.05, 3.63) is 47.4 Å². The van der Waals surface area contributed by atoms with E-state index in [1.165, 1.54) is 16.4 Å². The average molecular weight is 275 g/mol. The summed E-state index contributed by atoms with van der Waals surface area (Å²) < 4.78 is 7.27. The average Bonchev–Trinajstić information content (AvgIpc) is 2.88. The Kier molecular flexibility index (Phi) is 3.05. The molecule has 0 amide bonds. The fourth-order valence-corrected chi connectivity index (χ4v) is 1.91. The molecule has 0 aliphatic carbocycles. The van der Waals surface area contributed by atoms with Crippen LogP contribution >= 0.6 is 11.6 Å². The molecular weight excluding hydrogens is 264 g/mol. The lowest BCUT2D eigenvalue weighted by molar-refractivity contribution is 0.446. The number of rotatable bonds is 3. The summed E-state index contributed by atoms with van der Waals surface area (Å²) in [7, 11) is 0. The number of halogens is 1. The topological polar surface area (TPSA) is 52.3 Å². The molecule has 0 aliphatic rings. The van der Waals surface area contributed by atoms with Gasteiger partial charge >= 0.3 is 0 Å². The number of aryl methyl sites for hydroxylation is 1.